The Morgan fingerprint density at radius 1 is 1.56 bits per heavy atom. The van der Waals surface area contributed by atoms with E-state index in [1.165, 1.54) is 0 Å². The summed E-state index contributed by atoms with van der Waals surface area (Å²) in [5.74, 6) is 0.315. The lowest BCUT2D eigenvalue weighted by Gasteiger charge is -2.46. The lowest BCUT2D eigenvalue weighted by atomic mass is 9.88. The molecule has 3 unspecified atom stereocenters. The Labute approximate surface area is 108 Å². The highest BCUT2D eigenvalue weighted by atomic mass is 16.2. The van der Waals surface area contributed by atoms with E-state index in [1.807, 2.05) is 20.8 Å². The Kier molecular flexibility index (Phi) is 3.21. The first-order valence-electron chi connectivity index (χ1n) is 6.73. The normalized spacial score (nSPS) is 34.2. The molecule has 0 aromatic carbocycles. The summed E-state index contributed by atoms with van der Waals surface area (Å²) in [6.45, 7) is 9.45. The first-order valence-corrected chi connectivity index (χ1v) is 6.73. The molecule has 0 bridgehead atoms. The Bertz CT molecular complexity index is 389. The van der Waals surface area contributed by atoms with Crippen LogP contribution in [0.1, 0.15) is 40.0 Å². The van der Waals surface area contributed by atoms with Crippen molar-refractivity contribution in [2.45, 2.75) is 57.7 Å². The van der Waals surface area contributed by atoms with Crippen molar-refractivity contribution in [1.29, 1.82) is 0 Å². The Morgan fingerprint density at radius 3 is 2.61 bits per heavy atom. The third-order valence-corrected chi connectivity index (χ3v) is 4.26. The van der Waals surface area contributed by atoms with Crippen LogP contribution in [0.15, 0.2) is 12.7 Å². The molecular formula is C14H22N2O2. The first kappa shape index (κ1) is 13.1. The maximum absolute atomic E-state index is 12.7. The van der Waals surface area contributed by atoms with Gasteiger partial charge in [0.1, 0.15) is 11.6 Å². The van der Waals surface area contributed by atoms with Gasteiger partial charge in [-0.3, -0.25) is 9.59 Å². The van der Waals surface area contributed by atoms with Crippen LogP contribution in [0.2, 0.25) is 0 Å². The van der Waals surface area contributed by atoms with Crippen molar-refractivity contribution < 1.29 is 9.59 Å². The van der Waals surface area contributed by atoms with Gasteiger partial charge in [0.2, 0.25) is 11.8 Å². The van der Waals surface area contributed by atoms with E-state index in [0.29, 0.717) is 12.3 Å². The zero-order chi connectivity index (χ0) is 13.5. The minimum Gasteiger partial charge on any atom is -0.340 e. The van der Waals surface area contributed by atoms with E-state index in [-0.39, 0.29) is 23.9 Å². The van der Waals surface area contributed by atoms with E-state index in [4.69, 9.17) is 0 Å². The van der Waals surface area contributed by atoms with Crippen LogP contribution < -0.4 is 5.32 Å². The summed E-state index contributed by atoms with van der Waals surface area (Å²) in [5.41, 5.74) is -0.708. The van der Waals surface area contributed by atoms with E-state index in [0.717, 1.165) is 12.8 Å². The van der Waals surface area contributed by atoms with Gasteiger partial charge in [-0.25, -0.2) is 0 Å². The number of amides is 2. The molecule has 2 rings (SSSR count). The molecule has 0 aromatic heterocycles. The molecule has 2 aliphatic rings. The number of carbonyl (C=O) groups excluding carboxylic acids is 2. The molecule has 100 valence electrons. The van der Waals surface area contributed by atoms with E-state index in [2.05, 4.69) is 11.9 Å². The van der Waals surface area contributed by atoms with Gasteiger partial charge in [-0.1, -0.05) is 13.0 Å². The number of piperazine rings is 1. The van der Waals surface area contributed by atoms with Crippen molar-refractivity contribution in [2.24, 2.45) is 5.92 Å². The summed E-state index contributed by atoms with van der Waals surface area (Å²) in [4.78, 5) is 26.6. The molecule has 1 aliphatic carbocycles. The summed E-state index contributed by atoms with van der Waals surface area (Å²) < 4.78 is 0. The molecule has 2 amide bonds. The number of carbonyl (C=O) groups is 2. The average molecular weight is 250 g/mol. The standard InChI is InChI=1S/C14H22N2O2/c1-5-9(3)16-11(6-2)12(17)15-14(4,13(16)18)10-7-8-10/h5,9-11H,1,6-8H2,2-4H3,(H,15,17). The predicted octanol–water partition coefficient (Wildman–Crippen LogP) is 1.47. The molecule has 0 radical (unpaired) electrons. The quantitative estimate of drug-likeness (QED) is 0.768. The molecule has 1 saturated carbocycles. The highest BCUT2D eigenvalue weighted by molar-refractivity contribution is 6.00. The lowest BCUT2D eigenvalue weighted by Crippen LogP contribution is -2.71. The summed E-state index contributed by atoms with van der Waals surface area (Å²) in [6, 6.07) is -0.469. The number of nitrogens with one attached hydrogen (secondary N) is 1. The van der Waals surface area contributed by atoms with Gasteiger partial charge in [-0.05, 0) is 39.0 Å². The molecule has 2 fully saturated rings. The SMILES string of the molecule is C=CC(C)N1C(=O)C(C)(C2CC2)NC(=O)C1CC. The second kappa shape index (κ2) is 4.41. The van der Waals surface area contributed by atoms with Crippen LogP contribution in [0.3, 0.4) is 0 Å². The van der Waals surface area contributed by atoms with Crippen LogP contribution in [-0.2, 0) is 9.59 Å². The highest BCUT2D eigenvalue weighted by Crippen LogP contribution is 2.42. The molecule has 0 aromatic rings. The molecule has 0 spiro atoms. The number of hydrogen-bond acceptors (Lipinski definition) is 2. The van der Waals surface area contributed by atoms with Crippen molar-refractivity contribution in [3.8, 4) is 0 Å². The van der Waals surface area contributed by atoms with Crippen molar-refractivity contribution >= 4 is 11.8 Å². The number of hydrogen-bond donors (Lipinski definition) is 1. The fourth-order valence-corrected chi connectivity index (χ4v) is 2.83. The molecule has 1 heterocycles. The predicted molar refractivity (Wildman–Crippen MR) is 69.9 cm³/mol. The minimum atomic E-state index is -0.708. The van der Waals surface area contributed by atoms with E-state index in [9.17, 15) is 9.59 Å². The van der Waals surface area contributed by atoms with Crippen molar-refractivity contribution in [2.75, 3.05) is 0 Å². The first-order chi connectivity index (χ1) is 8.45. The van der Waals surface area contributed by atoms with Gasteiger partial charge in [0.05, 0.1) is 0 Å². The van der Waals surface area contributed by atoms with Gasteiger partial charge in [-0.2, -0.15) is 0 Å². The van der Waals surface area contributed by atoms with E-state index in [1.54, 1.807) is 11.0 Å². The van der Waals surface area contributed by atoms with Gasteiger partial charge in [0, 0.05) is 6.04 Å². The molecule has 4 heteroatoms. The van der Waals surface area contributed by atoms with E-state index >= 15 is 0 Å². The molecule has 4 nitrogen and oxygen atoms in total. The topological polar surface area (TPSA) is 49.4 Å². The van der Waals surface area contributed by atoms with Gasteiger partial charge in [0.15, 0.2) is 0 Å². The fraction of sp³-hybridized carbons (Fsp3) is 0.714. The molecule has 18 heavy (non-hydrogen) atoms. The van der Waals surface area contributed by atoms with Crippen LogP contribution in [0.4, 0.5) is 0 Å². The lowest BCUT2D eigenvalue weighted by molar-refractivity contribution is -0.157. The van der Waals surface area contributed by atoms with Gasteiger partial charge in [-0.15, -0.1) is 6.58 Å². The van der Waals surface area contributed by atoms with Crippen LogP contribution in [-0.4, -0.2) is 34.3 Å². The summed E-state index contributed by atoms with van der Waals surface area (Å²) >= 11 is 0. The Morgan fingerprint density at radius 2 is 2.17 bits per heavy atom. The minimum absolute atomic E-state index is 0.0276. The smallest absolute Gasteiger partial charge is 0.249 e. The summed E-state index contributed by atoms with van der Waals surface area (Å²) in [5, 5.41) is 2.95. The number of nitrogens with zero attached hydrogens (tertiary/aromatic N) is 1. The molecular weight excluding hydrogens is 228 g/mol. The third kappa shape index (κ3) is 1.84. The van der Waals surface area contributed by atoms with Gasteiger partial charge in [0.25, 0.3) is 0 Å². The zero-order valence-electron chi connectivity index (χ0n) is 11.4. The Hall–Kier alpha value is -1.32. The van der Waals surface area contributed by atoms with Gasteiger partial charge < -0.3 is 10.2 Å². The monoisotopic (exact) mass is 250 g/mol. The van der Waals surface area contributed by atoms with Crippen LogP contribution in [0, 0.1) is 5.92 Å². The molecule has 1 N–H and O–H groups in total. The summed E-state index contributed by atoms with van der Waals surface area (Å²) in [7, 11) is 0. The molecule has 1 aliphatic heterocycles. The van der Waals surface area contributed by atoms with Crippen LogP contribution >= 0.6 is 0 Å². The summed E-state index contributed by atoms with van der Waals surface area (Å²) in [6.07, 6.45) is 4.41. The van der Waals surface area contributed by atoms with Crippen molar-refractivity contribution in [3.63, 3.8) is 0 Å². The second-order valence-electron chi connectivity index (χ2n) is 5.58. The Balaban J connectivity index is 2.34. The zero-order valence-corrected chi connectivity index (χ0v) is 11.4. The van der Waals surface area contributed by atoms with E-state index < -0.39 is 5.54 Å². The van der Waals surface area contributed by atoms with Crippen molar-refractivity contribution in [3.05, 3.63) is 12.7 Å². The van der Waals surface area contributed by atoms with Crippen LogP contribution in [0.25, 0.3) is 0 Å². The average Bonchev–Trinajstić information content (AvgIpc) is 3.16. The maximum atomic E-state index is 12.7. The molecule has 3 atom stereocenters. The second-order valence-corrected chi connectivity index (χ2v) is 5.58. The van der Waals surface area contributed by atoms with Crippen LogP contribution in [0.5, 0.6) is 0 Å². The highest BCUT2D eigenvalue weighted by Gasteiger charge is 2.55. The number of rotatable bonds is 4. The fourth-order valence-electron chi connectivity index (χ4n) is 2.83. The largest absolute Gasteiger partial charge is 0.340 e. The third-order valence-electron chi connectivity index (χ3n) is 4.26. The maximum Gasteiger partial charge on any atom is 0.249 e. The van der Waals surface area contributed by atoms with Crippen molar-refractivity contribution in [1.82, 2.24) is 10.2 Å². The van der Waals surface area contributed by atoms with Gasteiger partial charge >= 0.3 is 0 Å². The molecule has 1 saturated heterocycles.